The van der Waals surface area contributed by atoms with Gasteiger partial charge in [-0.2, -0.15) is 0 Å². The quantitative estimate of drug-likeness (QED) is 0.820. The van der Waals surface area contributed by atoms with Crippen molar-refractivity contribution in [3.63, 3.8) is 0 Å². The number of amides is 1. The van der Waals surface area contributed by atoms with Crippen molar-refractivity contribution in [3.8, 4) is 0 Å². The molecule has 1 amide bonds. The van der Waals surface area contributed by atoms with E-state index in [1.54, 1.807) is 6.92 Å². The van der Waals surface area contributed by atoms with Gasteiger partial charge in [0.15, 0.2) is 0 Å². The van der Waals surface area contributed by atoms with E-state index in [0.717, 1.165) is 11.5 Å². The summed E-state index contributed by atoms with van der Waals surface area (Å²) in [5, 5.41) is 6.66. The Kier molecular flexibility index (Phi) is 3.21. The lowest BCUT2D eigenvalue weighted by Crippen LogP contribution is -2.30. The van der Waals surface area contributed by atoms with Gasteiger partial charge in [0.25, 0.3) is 5.91 Å². The Balaban J connectivity index is 1.84. The zero-order valence-electron chi connectivity index (χ0n) is 8.36. The van der Waals surface area contributed by atoms with Crippen LogP contribution in [0.2, 0.25) is 0 Å². The molecule has 0 bridgehead atoms. The van der Waals surface area contributed by atoms with Gasteiger partial charge in [-0.15, -0.1) is 16.7 Å². The summed E-state index contributed by atoms with van der Waals surface area (Å²) >= 11 is 7.20. The molecule has 82 valence electrons. The largest absolute Gasteiger partial charge is 0.350 e. The van der Waals surface area contributed by atoms with E-state index < -0.39 is 0 Å². The van der Waals surface area contributed by atoms with Gasteiger partial charge in [-0.3, -0.25) is 4.79 Å². The molecular formula is C9H12ClN3OS. The molecule has 1 unspecified atom stereocenters. The minimum atomic E-state index is -0.117. The molecule has 1 saturated carbocycles. The van der Waals surface area contributed by atoms with Gasteiger partial charge in [0.05, 0.1) is 11.1 Å². The number of carbonyl (C=O) groups excluding carboxylic acids is 1. The molecule has 15 heavy (non-hydrogen) atoms. The van der Waals surface area contributed by atoms with Gasteiger partial charge in [-0.05, 0) is 37.2 Å². The topological polar surface area (TPSA) is 54.9 Å². The van der Waals surface area contributed by atoms with E-state index in [1.165, 1.54) is 12.8 Å². The second kappa shape index (κ2) is 4.45. The Labute approximate surface area is 97.2 Å². The van der Waals surface area contributed by atoms with Crippen LogP contribution in [0.3, 0.4) is 0 Å². The lowest BCUT2D eigenvalue weighted by Gasteiger charge is -2.08. The number of alkyl halides is 1. The van der Waals surface area contributed by atoms with Crippen molar-refractivity contribution in [2.45, 2.75) is 25.1 Å². The van der Waals surface area contributed by atoms with E-state index >= 15 is 0 Å². The number of hydrogen-bond acceptors (Lipinski definition) is 4. The fourth-order valence-corrected chi connectivity index (χ4v) is 2.24. The zero-order valence-corrected chi connectivity index (χ0v) is 9.94. The van der Waals surface area contributed by atoms with E-state index in [9.17, 15) is 4.79 Å². The van der Waals surface area contributed by atoms with E-state index in [4.69, 9.17) is 11.6 Å². The summed E-state index contributed by atoms with van der Waals surface area (Å²) in [5.74, 6) is 0.474. The smallest absolute Gasteiger partial charge is 0.264 e. The standard InChI is InChI=1S/C9H12ClN3OS/c1-5-8(15-13-12-5)9(14)11-4-7(10)6-2-3-6/h6-7H,2-4H2,1H3,(H,11,14). The van der Waals surface area contributed by atoms with Crippen LogP contribution >= 0.6 is 23.1 Å². The predicted molar refractivity (Wildman–Crippen MR) is 59.3 cm³/mol. The molecule has 0 saturated heterocycles. The Morgan fingerprint density at radius 3 is 3.00 bits per heavy atom. The van der Waals surface area contributed by atoms with E-state index in [2.05, 4.69) is 14.9 Å². The molecule has 1 aliphatic carbocycles. The van der Waals surface area contributed by atoms with E-state index in [-0.39, 0.29) is 11.3 Å². The highest BCUT2D eigenvalue weighted by Gasteiger charge is 2.30. The summed E-state index contributed by atoms with van der Waals surface area (Å²) in [4.78, 5) is 12.2. The van der Waals surface area contributed by atoms with Gasteiger partial charge < -0.3 is 5.32 Å². The molecule has 0 spiro atoms. The van der Waals surface area contributed by atoms with Crippen molar-refractivity contribution in [1.82, 2.24) is 14.9 Å². The van der Waals surface area contributed by atoms with Gasteiger partial charge >= 0.3 is 0 Å². The van der Waals surface area contributed by atoms with Crippen LogP contribution in [0.15, 0.2) is 0 Å². The molecule has 1 fully saturated rings. The Hall–Kier alpha value is -0.680. The number of aryl methyl sites for hydroxylation is 1. The summed E-state index contributed by atoms with van der Waals surface area (Å²) in [6.45, 7) is 2.31. The molecule has 0 aliphatic heterocycles. The van der Waals surface area contributed by atoms with Gasteiger partial charge in [-0.1, -0.05) is 4.49 Å². The third-order valence-electron chi connectivity index (χ3n) is 2.45. The average molecular weight is 246 g/mol. The summed E-state index contributed by atoms with van der Waals surface area (Å²) in [6, 6.07) is 0. The SMILES string of the molecule is Cc1nnsc1C(=O)NCC(Cl)C1CC1. The molecule has 1 aromatic rings. The first-order chi connectivity index (χ1) is 7.18. The fourth-order valence-electron chi connectivity index (χ4n) is 1.33. The highest BCUT2D eigenvalue weighted by atomic mass is 35.5. The molecule has 1 N–H and O–H groups in total. The summed E-state index contributed by atoms with van der Waals surface area (Å²) in [6.07, 6.45) is 2.37. The molecule has 1 aliphatic rings. The first-order valence-corrected chi connectivity index (χ1v) is 6.10. The molecule has 0 radical (unpaired) electrons. The summed E-state index contributed by atoms with van der Waals surface area (Å²) in [5.41, 5.74) is 0.676. The van der Waals surface area contributed by atoms with Gasteiger partial charge in [-0.25, -0.2) is 0 Å². The highest BCUT2D eigenvalue weighted by molar-refractivity contribution is 7.07. The Morgan fingerprint density at radius 2 is 2.47 bits per heavy atom. The van der Waals surface area contributed by atoms with Crippen LogP contribution in [0.4, 0.5) is 0 Å². The van der Waals surface area contributed by atoms with Crippen molar-refractivity contribution < 1.29 is 4.79 Å². The third-order valence-corrected chi connectivity index (χ3v) is 3.79. The van der Waals surface area contributed by atoms with Crippen LogP contribution < -0.4 is 5.32 Å². The number of halogens is 1. The maximum atomic E-state index is 11.6. The summed E-state index contributed by atoms with van der Waals surface area (Å²) < 4.78 is 3.72. The predicted octanol–water partition coefficient (Wildman–Crippen LogP) is 1.59. The van der Waals surface area contributed by atoms with Crippen LogP contribution in [-0.4, -0.2) is 27.4 Å². The van der Waals surface area contributed by atoms with Gasteiger partial charge in [0, 0.05) is 6.54 Å². The average Bonchev–Trinajstić information content (AvgIpc) is 2.98. The Bertz CT molecular complexity index is 364. The third kappa shape index (κ3) is 2.66. The summed E-state index contributed by atoms with van der Waals surface area (Å²) in [7, 11) is 0. The molecule has 1 aromatic heterocycles. The number of carbonyl (C=O) groups is 1. The second-order valence-electron chi connectivity index (χ2n) is 3.75. The van der Waals surface area contributed by atoms with Gasteiger partial charge in [0.2, 0.25) is 0 Å². The number of nitrogens with zero attached hydrogens (tertiary/aromatic N) is 2. The molecule has 6 heteroatoms. The van der Waals surface area contributed by atoms with Crippen LogP contribution in [0.1, 0.15) is 28.2 Å². The molecule has 1 atom stereocenters. The monoisotopic (exact) mass is 245 g/mol. The van der Waals surface area contributed by atoms with Gasteiger partial charge in [0.1, 0.15) is 4.88 Å². The van der Waals surface area contributed by atoms with Crippen molar-refractivity contribution in [2.24, 2.45) is 5.92 Å². The molecule has 4 nitrogen and oxygen atoms in total. The second-order valence-corrected chi connectivity index (χ2v) is 5.07. The van der Waals surface area contributed by atoms with Crippen molar-refractivity contribution in [1.29, 1.82) is 0 Å². The van der Waals surface area contributed by atoms with E-state index in [1.807, 2.05) is 0 Å². The first-order valence-electron chi connectivity index (χ1n) is 4.89. The lowest BCUT2D eigenvalue weighted by molar-refractivity contribution is 0.0956. The van der Waals surface area contributed by atoms with E-state index in [0.29, 0.717) is 23.0 Å². The normalized spacial score (nSPS) is 17.5. The highest BCUT2D eigenvalue weighted by Crippen LogP contribution is 2.35. The molecule has 2 rings (SSSR count). The first kappa shape index (κ1) is 10.8. The molecule has 1 heterocycles. The molecular weight excluding hydrogens is 234 g/mol. The number of nitrogens with one attached hydrogen (secondary N) is 1. The Morgan fingerprint density at radius 1 is 1.73 bits per heavy atom. The zero-order chi connectivity index (χ0) is 10.8. The van der Waals surface area contributed by atoms with Crippen LogP contribution in [0.5, 0.6) is 0 Å². The number of hydrogen-bond donors (Lipinski definition) is 1. The minimum absolute atomic E-state index is 0.0649. The van der Waals surface area contributed by atoms with Crippen LogP contribution in [0.25, 0.3) is 0 Å². The fraction of sp³-hybridized carbons (Fsp3) is 0.667. The molecule has 0 aromatic carbocycles. The lowest BCUT2D eigenvalue weighted by atomic mass is 10.3. The number of rotatable bonds is 4. The van der Waals surface area contributed by atoms with Crippen molar-refractivity contribution in [3.05, 3.63) is 10.6 Å². The maximum absolute atomic E-state index is 11.6. The van der Waals surface area contributed by atoms with Crippen LogP contribution in [-0.2, 0) is 0 Å². The van der Waals surface area contributed by atoms with Crippen molar-refractivity contribution in [2.75, 3.05) is 6.54 Å². The minimum Gasteiger partial charge on any atom is -0.350 e. The van der Waals surface area contributed by atoms with Crippen molar-refractivity contribution >= 4 is 29.0 Å². The van der Waals surface area contributed by atoms with Crippen LogP contribution in [0, 0.1) is 12.8 Å². The maximum Gasteiger partial charge on any atom is 0.264 e. The number of aromatic nitrogens is 2.